The van der Waals surface area contributed by atoms with Crippen LogP contribution in [-0.2, 0) is 32.6 Å². The highest BCUT2D eigenvalue weighted by Crippen LogP contribution is 2.39. The van der Waals surface area contributed by atoms with Crippen molar-refractivity contribution in [2.45, 2.75) is 44.0 Å². The standard InChI is InChI=1S/C22H26BrN3O4S2/c1-2-20(27)26-10-7-16-12-17(23)13-19(21(16)26)32(29,30)25-8-5-15(6-9-25)22(28)24-14-18-4-3-11-31-18/h3-4,11-13,15H,2,5-10,14H2,1H3,(H,24,28). The van der Waals surface area contributed by atoms with Gasteiger partial charge < -0.3 is 10.2 Å². The molecule has 0 atom stereocenters. The van der Waals surface area contributed by atoms with E-state index >= 15 is 0 Å². The number of amides is 2. The fourth-order valence-electron chi connectivity index (χ4n) is 4.34. The largest absolute Gasteiger partial charge is 0.351 e. The molecule has 0 radical (unpaired) electrons. The first-order chi connectivity index (χ1) is 15.3. The first-order valence-electron chi connectivity index (χ1n) is 10.7. The van der Waals surface area contributed by atoms with Gasteiger partial charge in [0.15, 0.2) is 0 Å². The molecular weight excluding hydrogens is 514 g/mol. The summed E-state index contributed by atoms with van der Waals surface area (Å²) in [7, 11) is -3.80. The van der Waals surface area contributed by atoms with Crippen LogP contribution in [0.25, 0.3) is 0 Å². The number of nitrogens with one attached hydrogen (secondary N) is 1. The number of hydrogen-bond acceptors (Lipinski definition) is 5. The molecule has 0 unspecified atom stereocenters. The molecule has 172 valence electrons. The molecule has 2 aliphatic heterocycles. The van der Waals surface area contributed by atoms with Gasteiger partial charge in [-0.1, -0.05) is 28.9 Å². The molecule has 2 aliphatic rings. The average Bonchev–Trinajstić information content (AvgIpc) is 3.46. The van der Waals surface area contributed by atoms with Gasteiger partial charge in [0.2, 0.25) is 21.8 Å². The Morgan fingerprint density at radius 2 is 1.97 bits per heavy atom. The second-order valence-corrected chi connectivity index (χ2v) is 11.9. The van der Waals surface area contributed by atoms with Gasteiger partial charge in [0.1, 0.15) is 4.90 Å². The van der Waals surface area contributed by atoms with E-state index in [0.29, 0.717) is 48.9 Å². The molecular formula is C22H26BrN3O4S2. The van der Waals surface area contributed by atoms with Crippen molar-refractivity contribution in [3.63, 3.8) is 0 Å². The van der Waals surface area contributed by atoms with Crippen LogP contribution >= 0.6 is 27.3 Å². The summed E-state index contributed by atoms with van der Waals surface area (Å²) < 4.78 is 29.3. The van der Waals surface area contributed by atoms with E-state index in [2.05, 4.69) is 21.2 Å². The summed E-state index contributed by atoms with van der Waals surface area (Å²) in [5, 5.41) is 4.93. The summed E-state index contributed by atoms with van der Waals surface area (Å²) in [6.45, 7) is 3.33. The van der Waals surface area contributed by atoms with E-state index in [1.807, 2.05) is 23.6 Å². The maximum Gasteiger partial charge on any atom is 0.245 e. The second-order valence-electron chi connectivity index (χ2n) is 8.04. The van der Waals surface area contributed by atoms with Crippen LogP contribution in [-0.4, -0.2) is 44.2 Å². The molecule has 1 fully saturated rings. The number of thiophene rings is 1. The number of fused-ring (bicyclic) bond motifs is 1. The topological polar surface area (TPSA) is 86.8 Å². The molecule has 2 amide bonds. The monoisotopic (exact) mass is 539 g/mol. The maximum absolute atomic E-state index is 13.6. The second kappa shape index (κ2) is 9.62. The molecule has 32 heavy (non-hydrogen) atoms. The third-order valence-corrected chi connectivity index (χ3v) is 9.30. The van der Waals surface area contributed by atoms with Gasteiger partial charge >= 0.3 is 0 Å². The molecule has 10 heteroatoms. The van der Waals surface area contributed by atoms with Crippen LogP contribution in [0.2, 0.25) is 0 Å². The minimum atomic E-state index is -3.80. The van der Waals surface area contributed by atoms with Crippen molar-refractivity contribution in [2.75, 3.05) is 24.5 Å². The first-order valence-corrected chi connectivity index (χ1v) is 13.9. The van der Waals surface area contributed by atoms with E-state index in [9.17, 15) is 18.0 Å². The van der Waals surface area contributed by atoms with Gasteiger partial charge in [0, 0.05) is 41.3 Å². The lowest BCUT2D eigenvalue weighted by Crippen LogP contribution is -2.43. The van der Waals surface area contributed by atoms with Crippen LogP contribution in [0.15, 0.2) is 39.0 Å². The zero-order valence-electron chi connectivity index (χ0n) is 17.8. The number of anilines is 1. The van der Waals surface area contributed by atoms with Crippen LogP contribution in [0, 0.1) is 5.92 Å². The molecule has 1 aromatic carbocycles. The SMILES string of the molecule is CCC(=O)N1CCc2cc(Br)cc(S(=O)(=O)N3CCC(C(=O)NCc4cccs4)CC3)c21. The Bertz CT molecular complexity index is 1110. The van der Waals surface area contributed by atoms with Gasteiger partial charge in [0.05, 0.1) is 12.2 Å². The normalized spacial score (nSPS) is 17.4. The Morgan fingerprint density at radius 1 is 1.22 bits per heavy atom. The molecule has 0 saturated carbocycles. The summed E-state index contributed by atoms with van der Waals surface area (Å²) in [6.07, 6.45) is 1.91. The lowest BCUT2D eigenvalue weighted by molar-refractivity contribution is -0.126. The maximum atomic E-state index is 13.6. The van der Waals surface area contributed by atoms with Crippen LogP contribution in [0.4, 0.5) is 5.69 Å². The van der Waals surface area contributed by atoms with Gasteiger partial charge in [-0.25, -0.2) is 8.42 Å². The van der Waals surface area contributed by atoms with Gasteiger partial charge in [-0.15, -0.1) is 11.3 Å². The van der Waals surface area contributed by atoms with Crippen LogP contribution < -0.4 is 10.2 Å². The highest BCUT2D eigenvalue weighted by molar-refractivity contribution is 9.10. The lowest BCUT2D eigenvalue weighted by Gasteiger charge is -2.31. The Hall–Kier alpha value is -1.75. The number of hydrogen-bond donors (Lipinski definition) is 1. The molecule has 1 saturated heterocycles. The molecule has 1 aromatic heterocycles. The molecule has 2 aromatic rings. The van der Waals surface area contributed by atoms with E-state index in [1.54, 1.807) is 29.2 Å². The van der Waals surface area contributed by atoms with Gasteiger partial charge in [0.25, 0.3) is 0 Å². The van der Waals surface area contributed by atoms with Crippen molar-refractivity contribution >= 4 is 54.8 Å². The molecule has 0 aliphatic carbocycles. The number of rotatable bonds is 6. The highest BCUT2D eigenvalue weighted by Gasteiger charge is 2.37. The molecule has 4 rings (SSSR count). The molecule has 7 nitrogen and oxygen atoms in total. The van der Waals surface area contributed by atoms with Crippen LogP contribution in [0.1, 0.15) is 36.6 Å². The lowest BCUT2D eigenvalue weighted by atomic mass is 9.97. The number of sulfonamides is 1. The zero-order chi connectivity index (χ0) is 22.9. The number of benzene rings is 1. The van der Waals surface area contributed by atoms with E-state index in [4.69, 9.17) is 0 Å². The van der Waals surface area contributed by atoms with Gasteiger partial charge in [-0.3, -0.25) is 9.59 Å². The Kier molecular flexibility index (Phi) is 7.04. The van der Waals surface area contributed by atoms with E-state index < -0.39 is 10.0 Å². The fourth-order valence-corrected chi connectivity index (χ4v) is 7.37. The van der Waals surface area contributed by atoms with Crippen molar-refractivity contribution in [2.24, 2.45) is 5.92 Å². The van der Waals surface area contributed by atoms with Gasteiger partial charge in [-0.05, 0) is 48.4 Å². The number of carbonyl (C=O) groups excluding carboxylic acids is 2. The van der Waals surface area contributed by atoms with Crippen molar-refractivity contribution in [1.29, 1.82) is 0 Å². The Balaban J connectivity index is 1.48. The average molecular weight is 541 g/mol. The minimum absolute atomic E-state index is 0.0292. The summed E-state index contributed by atoms with van der Waals surface area (Å²) >= 11 is 5.02. The molecule has 3 heterocycles. The van der Waals surface area contributed by atoms with Crippen molar-refractivity contribution in [3.05, 3.63) is 44.6 Å². The molecule has 0 spiro atoms. The van der Waals surface area contributed by atoms with Crippen molar-refractivity contribution in [1.82, 2.24) is 9.62 Å². The van der Waals surface area contributed by atoms with Gasteiger partial charge in [-0.2, -0.15) is 4.31 Å². The zero-order valence-corrected chi connectivity index (χ0v) is 21.1. The smallest absolute Gasteiger partial charge is 0.245 e. The first kappa shape index (κ1) is 23.4. The van der Waals surface area contributed by atoms with Crippen molar-refractivity contribution in [3.8, 4) is 0 Å². The van der Waals surface area contributed by atoms with E-state index in [0.717, 1.165) is 10.4 Å². The third-order valence-electron chi connectivity index (χ3n) is 6.06. The summed E-state index contributed by atoms with van der Waals surface area (Å²) in [5.74, 6) is -0.310. The predicted molar refractivity (Wildman–Crippen MR) is 128 cm³/mol. The minimum Gasteiger partial charge on any atom is -0.351 e. The van der Waals surface area contributed by atoms with Crippen molar-refractivity contribution < 1.29 is 18.0 Å². The predicted octanol–water partition coefficient (Wildman–Crippen LogP) is 3.53. The number of carbonyl (C=O) groups is 2. The number of nitrogens with zero attached hydrogens (tertiary/aromatic N) is 2. The highest BCUT2D eigenvalue weighted by atomic mass is 79.9. The quantitative estimate of drug-likeness (QED) is 0.608. The Morgan fingerprint density at radius 3 is 2.62 bits per heavy atom. The number of piperidine rings is 1. The number of halogens is 1. The molecule has 1 N–H and O–H groups in total. The Labute approximate surface area is 201 Å². The summed E-state index contributed by atoms with van der Waals surface area (Å²) in [4.78, 5) is 27.8. The molecule has 0 bridgehead atoms. The van der Waals surface area contributed by atoms with E-state index in [1.165, 1.54) is 4.31 Å². The fraction of sp³-hybridized carbons (Fsp3) is 0.455. The summed E-state index contributed by atoms with van der Waals surface area (Å²) in [6, 6.07) is 7.41. The van der Waals surface area contributed by atoms with Crippen LogP contribution in [0.5, 0.6) is 0 Å². The summed E-state index contributed by atoms with van der Waals surface area (Å²) in [5.41, 5.74) is 1.37. The van der Waals surface area contributed by atoms with E-state index in [-0.39, 0.29) is 35.7 Å². The third kappa shape index (κ3) is 4.64. The van der Waals surface area contributed by atoms with Crippen LogP contribution in [0.3, 0.4) is 0 Å².